The lowest BCUT2D eigenvalue weighted by Gasteiger charge is -2.19. The molecule has 0 saturated carbocycles. The molecular weight excluding hydrogens is 316 g/mol. The lowest BCUT2D eigenvalue weighted by molar-refractivity contribution is -0.156. The number of aliphatic hydroxyl groups excluding tert-OH is 1. The maximum atomic E-state index is 11.2. The van der Waals surface area contributed by atoms with Crippen LogP contribution in [0.4, 0.5) is 0 Å². The highest BCUT2D eigenvalue weighted by molar-refractivity contribution is 5.88. The van der Waals surface area contributed by atoms with Crippen molar-refractivity contribution >= 4 is 5.91 Å². The number of aromatic nitrogens is 3. The monoisotopic (exact) mass is 332 g/mol. The van der Waals surface area contributed by atoms with Gasteiger partial charge in [0.1, 0.15) is 24.6 Å². The molecule has 126 valence electrons. The zero-order valence-corrected chi connectivity index (χ0v) is 12.6. The van der Waals surface area contributed by atoms with Crippen LogP contribution in [0.3, 0.4) is 0 Å². The SMILES string of the molecule is NC(=O)c1ncn([C@@H]2OC(CO)C3OC(c4ccccc4)OC32)n1. The van der Waals surface area contributed by atoms with Crippen molar-refractivity contribution in [3.05, 3.63) is 48.0 Å². The van der Waals surface area contributed by atoms with Crippen LogP contribution in [0.2, 0.25) is 0 Å². The number of aliphatic hydroxyl groups is 1. The van der Waals surface area contributed by atoms with E-state index in [1.54, 1.807) is 0 Å². The molecule has 2 aliphatic rings. The van der Waals surface area contributed by atoms with E-state index < -0.39 is 36.7 Å². The summed E-state index contributed by atoms with van der Waals surface area (Å²) < 4.78 is 19.0. The number of rotatable bonds is 4. The molecule has 2 saturated heterocycles. The average Bonchev–Trinajstić information content (AvgIpc) is 3.30. The van der Waals surface area contributed by atoms with Crippen molar-refractivity contribution in [2.24, 2.45) is 5.73 Å². The number of carbonyl (C=O) groups excluding carboxylic acids is 1. The molecule has 9 heteroatoms. The molecule has 0 bridgehead atoms. The molecule has 3 N–H and O–H groups in total. The molecule has 9 nitrogen and oxygen atoms in total. The molecule has 24 heavy (non-hydrogen) atoms. The largest absolute Gasteiger partial charge is 0.394 e. The molecule has 4 unspecified atom stereocenters. The molecule has 1 aromatic heterocycles. The third-order valence-electron chi connectivity index (χ3n) is 4.09. The van der Waals surface area contributed by atoms with E-state index in [1.807, 2.05) is 30.3 Å². The van der Waals surface area contributed by atoms with Gasteiger partial charge in [0, 0.05) is 5.56 Å². The molecule has 1 amide bonds. The van der Waals surface area contributed by atoms with Crippen LogP contribution in [-0.2, 0) is 14.2 Å². The van der Waals surface area contributed by atoms with Crippen molar-refractivity contribution in [1.82, 2.24) is 14.8 Å². The summed E-state index contributed by atoms with van der Waals surface area (Å²) in [7, 11) is 0. The molecule has 4 rings (SSSR count). The Labute approximate surface area is 136 Å². The zero-order valence-electron chi connectivity index (χ0n) is 12.6. The fourth-order valence-corrected chi connectivity index (χ4v) is 2.97. The Morgan fingerprint density at radius 2 is 1.96 bits per heavy atom. The molecule has 2 fully saturated rings. The second-order valence-corrected chi connectivity index (χ2v) is 5.60. The molecule has 2 aliphatic heterocycles. The number of nitrogens with two attached hydrogens (primary N) is 1. The van der Waals surface area contributed by atoms with Crippen LogP contribution in [-0.4, -0.2) is 50.7 Å². The topological polar surface area (TPSA) is 122 Å². The quantitative estimate of drug-likeness (QED) is 0.791. The standard InChI is InChI=1S/C15H16N4O5/c16-12(21)13-17-7-19(18-13)14-11-10(9(6-20)22-14)23-15(24-11)8-4-2-1-3-5-8/h1-5,7,9-11,14-15,20H,6H2,(H2,16,21)/t9?,10?,11?,14-,15?/m1/s1. The second kappa shape index (κ2) is 5.95. The van der Waals surface area contributed by atoms with Crippen LogP contribution >= 0.6 is 0 Å². The predicted octanol–water partition coefficient (Wildman–Crippen LogP) is -0.251. The Morgan fingerprint density at radius 1 is 1.21 bits per heavy atom. The summed E-state index contributed by atoms with van der Waals surface area (Å²) in [6.45, 7) is -0.222. The van der Waals surface area contributed by atoms with Crippen LogP contribution < -0.4 is 5.73 Å². The van der Waals surface area contributed by atoms with E-state index in [0.29, 0.717) is 0 Å². The van der Waals surface area contributed by atoms with Crippen LogP contribution in [0.25, 0.3) is 0 Å². The summed E-state index contributed by atoms with van der Waals surface area (Å²) in [4.78, 5) is 15.0. The third kappa shape index (κ3) is 2.47. The van der Waals surface area contributed by atoms with Crippen LogP contribution in [0.1, 0.15) is 28.7 Å². The molecule has 5 atom stereocenters. The minimum absolute atomic E-state index is 0.110. The molecule has 0 radical (unpaired) electrons. The van der Waals surface area contributed by atoms with Gasteiger partial charge in [0.25, 0.3) is 5.91 Å². The molecule has 3 heterocycles. The fourth-order valence-electron chi connectivity index (χ4n) is 2.97. The Bertz CT molecular complexity index is 736. The summed E-state index contributed by atoms with van der Waals surface area (Å²) in [5, 5.41) is 13.6. The summed E-state index contributed by atoms with van der Waals surface area (Å²) in [5.41, 5.74) is 6.04. The number of fused-ring (bicyclic) bond motifs is 1. The molecule has 0 spiro atoms. The first kappa shape index (κ1) is 15.2. The maximum Gasteiger partial charge on any atom is 0.288 e. The Hall–Kier alpha value is -2.33. The van der Waals surface area contributed by atoms with E-state index >= 15 is 0 Å². The van der Waals surface area contributed by atoms with Gasteiger partial charge in [-0.05, 0) is 0 Å². The van der Waals surface area contributed by atoms with E-state index in [1.165, 1.54) is 11.0 Å². The highest BCUT2D eigenvalue weighted by Gasteiger charge is 2.53. The first-order valence-electron chi connectivity index (χ1n) is 7.50. The van der Waals surface area contributed by atoms with E-state index in [2.05, 4.69) is 10.1 Å². The predicted molar refractivity (Wildman–Crippen MR) is 78.5 cm³/mol. The number of ether oxygens (including phenoxy) is 3. The first-order chi connectivity index (χ1) is 11.7. The van der Waals surface area contributed by atoms with Gasteiger partial charge in [-0.25, -0.2) is 9.67 Å². The summed E-state index contributed by atoms with van der Waals surface area (Å²) in [6, 6.07) is 9.49. The van der Waals surface area contributed by atoms with Crippen molar-refractivity contribution in [2.75, 3.05) is 6.61 Å². The number of nitrogens with zero attached hydrogens (tertiary/aromatic N) is 3. The third-order valence-corrected chi connectivity index (χ3v) is 4.09. The molecular formula is C15H16N4O5. The van der Waals surface area contributed by atoms with Gasteiger partial charge in [-0.1, -0.05) is 30.3 Å². The molecule has 0 aliphatic carbocycles. The minimum Gasteiger partial charge on any atom is -0.394 e. The van der Waals surface area contributed by atoms with Gasteiger partial charge in [-0.3, -0.25) is 4.79 Å². The minimum atomic E-state index is -0.729. The highest BCUT2D eigenvalue weighted by Crippen LogP contribution is 2.43. The van der Waals surface area contributed by atoms with E-state index in [-0.39, 0.29) is 12.4 Å². The van der Waals surface area contributed by atoms with Crippen LogP contribution in [0.15, 0.2) is 36.7 Å². The maximum absolute atomic E-state index is 11.2. The van der Waals surface area contributed by atoms with Gasteiger partial charge in [0.2, 0.25) is 5.82 Å². The van der Waals surface area contributed by atoms with Crippen LogP contribution in [0.5, 0.6) is 0 Å². The van der Waals surface area contributed by atoms with Gasteiger partial charge < -0.3 is 25.1 Å². The van der Waals surface area contributed by atoms with Crippen molar-refractivity contribution in [1.29, 1.82) is 0 Å². The second-order valence-electron chi connectivity index (χ2n) is 5.60. The fraction of sp³-hybridized carbons (Fsp3) is 0.400. The Balaban J connectivity index is 1.59. The van der Waals surface area contributed by atoms with Gasteiger partial charge in [0.15, 0.2) is 12.5 Å². The number of hydrogen-bond acceptors (Lipinski definition) is 7. The molecule has 1 aromatic carbocycles. The Kier molecular flexibility index (Phi) is 3.77. The van der Waals surface area contributed by atoms with Crippen molar-refractivity contribution in [3.8, 4) is 0 Å². The number of benzene rings is 1. The van der Waals surface area contributed by atoms with Gasteiger partial charge in [-0.2, -0.15) is 0 Å². The van der Waals surface area contributed by atoms with Gasteiger partial charge in [-0.15, -0.1) is 5.10 Å². The zero-order chi connectivity index (χ0) is 16.7. The van der Waals surface area contributed by atoms with E-state index in [0.717, 1.165) is 5.56 Å². The van der Waals surface area contributed by atoms with E-state index in [9.17, 15) is 9.90 Å². The summed E-state index contributed by atoms with van der Waals surface area (Å²) in [5.74, 6) is -0.839. The normalized spacial score (nSPS) is 32.0. The Morgan fingerprint density at radius 3 is 2.62 bits per heavy atom. The average molecular weight is 332 g/mol. The van der Waals surface area contributed by atoms with Crippen molar-refractivity contribution in [2.45, 2.75) is 30.8 Å². The smallest absolute Gasteiger partial charge is 0.288 e. The summed E-state index contributed by atoms with van der Waals surface area (Å²) >= 11 is 0. The lowest BCUT2D eigenvalue weighted by Crippen LogP contribution is -2.30. The lowest BCUT2D eigenvalue weighted by atomic mass is 10.1. The van der Waals surface area contributed by atoms with Crippen molar-refractivity contribution in [3.63, 3.8) is 0 Å². The molecule has 2 aromatic rings. The van der Waals surface area contributed by atoms with E-state index in [4.69, 9.17) is 19.9 Å². The van der Waals surface area contributed by atoms with Gasteiger partial charge >= 0.3 is 0 Å². The number of primary amides is 1. The summed E-state index contributed by atoms with van der Waals surface area (Å²) in [6.07, 6.45) is -1.38. The highest BCUT2D eigenvalue weighted by atomic mass is 16.8. The first-order valence-corrected chi connectivity index (χ1v) is 7.50. The van der Waals surface area contributed by atoms with Crippen molar-refractivity contribution < 1.29 is 24.1 Å². The number of carbonyl (C=O) groups is 1. The van der Waals surface area contributed by atoms with Gasteiger partial charge in [0.05, 0.1) is 6.61 Å². The number of amides is 1. The van der Waals surface area contributed by atoms with Crippen LogP contribution in [0, 0.1) is 0 Å². The number of hydrogen-bond donors (Lipinski definition) is 2.